The molecule has 3 heterocycles. The van der Waals surface area contributed by atoms with E-state index >= 15 is 0 Å². The molecule has 1 aromatic carbocycles. The minimum absolute atomic E-state index is 0.0311. The average molecular weight is 425 g/mol. The van der Waals surface area contributed by atoms with Gasteiger partial charge in [-0.25, -0.2) is 8.97 Å². The molecule has 3 aromatic heterocycles. The first-order valence-corrected chi connectivity index (χ1v) is 12.0. The van der Waals surface area contributed by atoms with Crippen molar-refractivity contribution >= 4 is 39.1 Å². The summed E-state index contributed by atoms with van der Waals surface area (Å²) in [4.78, 5) is 16.0. The van der Waals surface area contributed by atoms with Crippen molar-refractivity contribution in [3.05, 3.63) is 50.6 Å². The quantitative estimate of drug-likeness (QED) is 0.422. The Morgan fingerprint density at radius 2 is 2.10 bits per heavy atom. The van der Waals surface area contributed by atoms with Crippen LogP contribution >= 0.6 is 23.1 Å². The minimum Gasteiger partial charge on any atom is -0.268 e. The van der Waals surface area contributed by atoms with Crippen LogP contribution in [0.1, 0.15) is 42.7 Å². The zero-order valence-electron chi connectivity index (χ0n) is 16.9. The van der Waals surface area contributed by atoms with Crippen LogP contribution in [0.4, 0.5) is 0 Å². The lowest BCUT2D eigenvalue weighted by atomic mass is 10.2. The molecular weight excluding hydrogens is 400 g/mol. The molecule has 0 saturated carbocycles. The number of benzene rings is 1. The predicted octanol–water partition coefficient (Wildman–Crippen LogP) is 5.03. The summed E-state index contributed by atoms with van der Waals surface area (Å²) >= 11 is 3.49. The highest BCUT2D eigenvalue weighted by molar-refractivity contribution is 7.99. The van der Waals surface area contributed by atoms with Gasteiger partial charge in [-0.15, -0.1) is 21.5 Å². The molecule has 0 fully saturated rings. The fourth-order valence-corrected chi connectivity index (χ4v) is 6.64. The summed E-state index contributed by atoms with van der Waals surface area (Å²) < 4.78 is 3.87. The number of thiophene rings is 1. The molecule has 7 heteroatoms. The molecule has 0 radical (unpaired) electrons. The van der Waals surface area contributed by atoms with Crippen LogP contribution in [-0.2, 0) is 12.8 Å². The average Bonchev–Trinajstić information content (AvgIpc) is 3.35. The number of aromatic nitrogens is 4. The Balaban J connectivity index is 1.80. The Kier molecular flexibility index (Phi) is 4.75. The Morgan fingerprint density at radius 3 is 2.90 bits per heavy atom. The topological polar surface area (TPSA) is 52.2 Å². The normalized spacial score (nSPS) is 13.8. The van der Waals surface area contributed by atoms with E-state index < -0.39 is 0 Å². The van der Waals surface area contributed by atoms with Crippen LogP contribution in [0.3, 0.4) is 0 Å². The van der Waals surface area contributed by atoms with E-state index in [9.17, 15) is 4.79 Å². The van der Waals surface area contributed by atoms with Gasteiger partial charge < -0.3 is 0 Å². The van der Waals surface area contributed by atoms with E-state index in [2.05, 4.69) is 28.4 Å². The third-order valence-electron chi connectivity index (χ3n) is 5.53. The van der Waals surface area contributed by atoms with Crippen molar-refractivity contribution in [3.63, 3.8) is 0 Å². The molecule has 0 N–H and O–H groups in total. The number of hydrogen-bond donors (Lipinski definition) is 0. The Labute approximate surface area is 177 Å². The standard InChI is InChI=1S/C22H24N4OS2/c1-13(2)10-11-28-22-24-23-21-25(15-7-4-6-14(3)12-15)19(27)18-16-8-5-9-17(16)29-20(18)26(21)22/h4,6-7,12-13H,5,8-11H2,1-3H3. The van der Waals surface area contributed by atoms with E-state index in [-0.39, 0.29) is 5.56 Å². The zero-order chi connectivity index (χ0) is 20.1. The summed E-state index contributed by atoms with van der Waals surface area (Å²) in [6, 6.07) is 8.06. The summed E-state index contributed by atoms with van der Waals surface area (Å²) in [6.07, 6.45) is 4.32. The number of rotatable bonds is 5. The Morgan fingerprint density at radius 1 is 1.24 bits per heavy atom. The van der Waals surface area contributed by atoms with Gasteiger partial charge in [0, 0.05) is 10.6 Å². The third-order valence-corrected chi connectivity index (χ3v) is 7.76. The van der Waals surface area contributed by atoms with Crippen molar-refractivity contribution in [3.8, 4) is 5.69 Å². The molecule has 0 aliphatic heterocycles. The van der Waals surface area contributed by atoms with Crippen molar-refractivity contribution in [2.75, 3.05) is 5.75 Å². The van der Waals surface area contributed by atoms with Gasteiger partial charge in [-0.2, -0.15) is 0 Å². The number of fused-ring (bicyclic) bond motifs is 5. The second-order valence-corrected chi connectivity index (χ2v) is 10.3. The van der Waals surface area contributed by atoms with Crippen LogP contribution in [0.25, 0.3) is 21.7 Å². The van der Waals surface area contributed by atoms with Crippen molar-refractivity contribution < 1.29 is 0 Å². The molecule has 0 bridgehead atoms. The van der Waals surface area contributed by atoms with E-state index in [4.69, 9.17) is 0 Å². The van der Waals surface area contributed by atoms with Crippen LogP contribution in [0.2, 0.25) is 0 Å². The van der Waals surface area contributed by atoms with Crippen LogP contribution in [0, 0.1) is 12.8 Å². The highest BCUT2D eigenvalue weighted by Crippen LogP contribution is 2.37. The summed E-state index contributed by atoms with van der Waals surface area (Å²) in [5.74, 6) is 2.26. The van der Waals surface area contributed by atoms with E-state index in [0.29, 0.717) is 11.7 Å². The first-order valence-electron chi connectivity index (χ1n) is 10.2. The van der Waals surface area contributed by atoms with E-state index in [1.165, 1.54) is 10.4 Å². The zero-order valence-corrected chi connectivity index (χ0v) is 18.6. The maximum Gasteiger partial charge on any atom is 0.268 e. The van der Waals surface area contributed by atoms with Gasteiger partial charge in [-0.05, 0) is 61.8 Å². The summed E-state index contributed by atoms with van der Waals surface area (Å²) in [7, 11) is 0. The van der Waals surface area contributed by atoms with Crippen molar-refractivity contribution in [2.24, 2.45) is 5.92 Å². The second-order valence-electron chi connectivity index (χ2n) is 8.17. The van der Waals surface area contributed by atoms with Crippen molar-refractivity contribution in [1.82, 2.24) is 19.2 Å². The summed E-state index contributed by atoms with van der Waals surface area (Å²) in [5, 5.41) is 10.7. The molecule has 1 aliphatic rings. The number of thioether (sulfide) groups is 1. The fourth-order valence-electron chi connectivity index (χ4n) is 4.03. The highest BCUT2D eigenvalue weighted by atomic mass is 32.2. The maximum atomic E-state index is 13.7. The van der Waals surface area contributed by atoms with E-state index in [1.54, 1.807) is 27.7 Å². The molecule has 29 heavy (non-hydrogen) atoms. The van der Waals surface area contributed by atoms with Gasteiger partial charge in [0.25, 0.3) is 5.56 Å². The summed E-state index contributed by atoms with van der Waals surface area (Å²) in [6.45, 7) is 6.52. The van der Waals surface area contributed by atoms with Crippen LogP contribution < -0.4 is 5.56 Å². The molecule has 0 saturated heterocycles. The molecule has 0 spiro atoms. The first-order chi connectivity index (χ1) is 14.0. The Hall–Kier alpha value is -2.12. The van der Waals surface area contributed by atoms with Crippen LogP contribution in [-0.4, -0.2) is 24.9 Å². The van der Waals surface area contributed by atoms with Gasteiger partial charge in [0.15, 0.2) is 5.16 Å². The van der Waals surface area contributed by atoms with Crippen molar-refractivity contribution in [1.29, 1.82) is 0 Å². The van der Waals surface area contributed by atoms with E-state index in [1.807, 2.05) is 31.2 Å². The van der Waals surface area contributed by atoms with Gasteiger partial charge in [0.1, 0.15) is 4.83 Å². The predicted molar refractivity (Wildman–Crippen MR) is 121 cm³/mol. The lowest BCUT2D eigenvalue weighted by molar-refractivity contribution is 0.631. The van der Waals surface area contributed by atoms with Crippen LogP contribution in [0.15, 0.2) is 34.2 Å². The van der Waals surface area contributed by atoms with Gasteiger partial charge in [-0.1, -0.05) is 37.7 Å². The Bertz CT molecular complexity index is 1280. The van der Waals surface area contributed by atoms with Crippen LogP contribution in [0.5, 0.6) is 0 Å². The monoisotopic (exact) mass is 424 g/mol. The largest absolute Gasteiger partial charge is 0.268 e. The highest BCUT2D eigenvalue weighted by Gasteiger charge is 2.26. The second kappa shape index (κ2) is 7.29. The smallest absolute Gasteiger partial charge is 0.268 e. The summed E-state index contributed by atoms with van der Waals surface area (Å²) in [5.41, 5.74) is 3.24. The number of hydrogen-bond acceptors (Lipinski definition) is 5. The molecule has 0 amide bonds. The molecule has 4 aromatic rings. The lowest BCUT2D eigenvalue weighted by Gasteiger charge is -2.11. The van der Waals surface area contributed by atoms with Crippen molar-refractivity contribution in [2.45, 2.75) is 51.6 Å². The molecule has 0 atom stereocenters. The maximum absolute atomic E-state index is 13.7. The molecular formula is C22H24N4OS2. The molecule has 5 rings (SSSR count). The molecule has 1 aliphatic carbocycles. The number of aryl methyl sites for hydroxylation is 3. The minimum atomic E-state index is 0.0311. The molecule has 5 nitrogen and oxygen atoms in total. The molecule has 0 unspecified atom stereocenters. The van der Waals surface area contributed by atoms with Gasteiger partial charge in [-0.3, -0.25) is 4.79 Å². The third kappa shape index (κ3) is 3.11. The lowest BCUT2D eigenvalue weighted by Crippen LogP contribution is -2.22. The van der Waals surface area contributed by atoms with E-state index in [0.717, 1.165) is 58.1 Å². The first kappa shape index (κ1) is 18.9. The number of nitrogens with zero attached hydrogens (tertiary/aromatic N) is 4. The SMILES string of the molecule is Cc1cccc(-n2c(=O)c3c4c(sc3n3c(SCCC(C)C)nnc23)CCC4)c1. The molecule has 150 valence electrons. The van der Waals surface area contributed by atoms with Gasteiger partial charge in [0.05, 0.1) is 11.1 Å². The van der Waals surface area contributed by atoms with Gasteiger partial charge >= 0.3 is 0 Å². The van der Waals surface area contributed by atoms with Gasteiger partial charge in [0.2, 0.25) is 5.78 Å². The fraction of sp³-hybridized carbons (Fsp3) is 0.409.